The highest BCUT2D eigenvalue weighted by atomic mass is 16.5. The summed E-state index contributed by atoms with van der Waals surface area (Å²) in [5.74, 6) is 0.691. The number of hydrogen-bond donors (Lipinski definition) is 0. The van der Waals surface area contributed by atoms with Crippen molar-refractivity contribution in [2.45, 2.75) is 19.3 Å². The molecular formula is C10H20NO2. The first-order chi connectivity index (χ1) is 6.36. The lowest BCUT2D eigenvalue weighted by atomic mass is 9.94. The van der Waals surface area contributed by atoms with Crippen LogP contribution in [-0.2, 0) is 9.84 Å². The average molecular weight is 186 g/mol. The van der Waals surface area contributed by atoms with E-state index in [1.54, 1.807) is 7.11 Å². The molecule has 3 nitrogen and oxygen atoms in total. The normalized spacial score (nSPS) is 20.8. The van der Waals surface area contributed by atoms with Gasteiger partial charge in [-0.3, -0.25) is 0 Å². The van der Waals surface area contributed by atoms with Crippen molar-refractivity contribution in [3.05, 3.63) is 0 Å². The molecule has 1 saturated heterocycles. The summed E-state index contributed by atoms with van der Waals surface area (Å²) in [5, 5.41) is 10.4. The van der Waals surface area contributed by atoms with Crippen LogP contribution in [0, 0.1) is 5.92 Å². The predicted octanol–water partition coefficient (Wildman–Crippen LogP) is 1.17. The molecule has 1 radical (unpaired) electrons. The van der Waals surface area contributed by atoms with Gasteiger partial charge in [0.2, 0.25) is 0 Å². The zero-order chi connectivity index (χ0) is 9.52. The molecule has 1 heterocycles. The van der Waals surface area contributed by atoms with Crippen molar-refractivity contribution < 1.29 is 9.84 Å². The number of rotatable bonds is 5. The van der Waals surface area contributed by atoms with Gasteiger partial charge in [0.05, 0.1) is 13.2 Å². The Morgan fingerprint density at radius 2 is 2.08 bits per heavy atom. The second-order valence-corrected chi connectivity index (χ2v) is 3.77. The minimum absolute atomic E-state index is 0.0999. The zero-order valence-corrected chi connectivity index (χ0v) is 8.50. The summed E-state index contributed by atoms with van der Waals surface area (Å²) in [4.78, 5) is 2.42. The van der Waals surface area contributed by atoms with Gasteiger partial charge in [-0.1, -0.05) is 0 Å². The van der Waals surface area contributed by atoms with Crippen LogP contribution in [-0.4, -0.2) is 44.9 Å². The summed E-state index contributed by atoms with van der Waals surface area (Å²) in [5.41, 5.74) is 0. The Kier molecular flexibility index (Phi) is 5.35. The van der Waals surface area contributed by atoms with E-state index >= 15 is 0 Å². The van der Waals surface area contributed by atoms with E-state index < -0.39 is 0 Å². The van der Waals surface area contributed by atoms with Crippen LogP contribution >= 0.6 is 0 Å². The standard InChI is InChI=1S/C10H20NO2/c1-13-9-7-11-5-2-10(3-6-11)4-8-12/h10H,2-9H2,1H3. The fourth-order valence-electron chi connectivity index (χ4n) is 1.89. The molecule has 0 N–H and O–H groups in total. The summed E-state index contributed by atoms with van der Waals surface area (Å²) in [6.45, 7) is 4.26. The average Bonchev–Trinajstić information content (AvgIpc) is 2.17. The highest BCUT2D eigenvalue weighted by Crippen LogP contribution is 2.19. The topological polar surface area (TPSA) is 32.4 Å². The summed E-state index contributed by atoms with van der Waals surface area (Å²) in [6, 6.07) is 0. The Balaban J connectivity index is 2.08. The Hall–Kier alpha value is -0.120. The third-order valence-corrected chi connectivity index (χ3v) is 2.84. The van der Waals surface area contributed by atoms with Crippen LogP contribution < -0.4 is 0 Å². The van der Waals surface area contributed by atoms with Gasteiger partial charge in [0.25, 0.3) is 0 Å². The molecule has 1 rings (SSSR count). The van der Waals surface area contributed by atoms with Crippen LogP contribution in [0.3, 0.4) is 0 Å². The molecule has 0 amide bonds. The van der Waals surface area contributed by atoms with Crippen molar-refractivity contribution in [1.82, 2.24) is 4.90 Å². The van der Waals surface area contributed by atoms with Gasteiger partial charge in [-0.25, -0.2) is 5.11 Å². The third kappa shape index (κ3) is 4.07. The van der Waals surface area contributed by atoms with Crippen LogP contribution in [0.5, 0.6) is 0 Å². The van der Waals surface area contributed by atoms with E-state index in [4.69, 9.17) is 4.74 Å². The van der Waals surface area contributed by atoms with Crippen molar-refractivity contribution in [2.24, 2.45) is 5.92 Å². The molecule has 1 aliphatic rings. The molecule has 3 heteroatoms. The van der Waals surface area contributed by atoms with Crippen molar-refractivity contribution in [1.29, 1.82) is 0 Å². The third-order valence-electron chi connectivity index (χ3n) is 2.84. The van der Waals surface area contributed by atoms with Gasteiger partial charge >= 0.3 is 0 Å². The SMILES string of the molecule is COCCN1CCC(CC[O])CC1. The maximum absolute atomic E-state index is 10.4. The monoisotopic (exact) mass is 186 g/mol. The minimum atomic E-state index is 0.0999. The fraction of sp³-hybridized carbons (Fsp3) is 1.00. The molecule has 0 spiro atoms. The molecule has 0 saturated carbocycles. The number of hydrogen-bond acceptors (Lipinski definition) is 2. The predicted molar refractivity (Wildman–Crippen MR) is 51.2 cm³/mol. The Bertz CT molecular complexity index is 122. The summed E-state index contributed by atoms with van der Waals surface area (Å²) in [7, 11) is 1.74. The van der Waals surface area contributed by atoms with Crippen LogP contribution in [0.1, 0.15) is 19.3 Å². The van der Waals surface area contributed by atoms with E-state index in [0.29, 0.717) is 5.92 Å². The van der Waals surface area contributed by atoms with Crippen LogP contribution in [0.25, 0.3) is 0 Å². The van der Waals surface area contributed by atoms with E-state index in [0.717, 1.165) is 32.7 Å². The molecule has 0 atom stereocenters. The quantitative estimate of drug-likeness (QED) is 0.645. The molecule has 0 unspecified atom stereocenters. The molecule has 13 heavy (non-hydrogen) atoms. The Labute approximate surface area is 80.7 Å². The van der Waals surface area contributed by atoms with Gasteiger partial charge in [0, 0.05) is 13.7 Å². The van der Waals surface area contributed by atoms with Crippen LogP contribution in [0.15, 0.2) is 0 Å². The maximum Gasteiger partial charge on any atom is 0.0825 e. The first-order valence-corrected chi connectivity index (χ1v) is 5.16. The van der Waals surface area contributed by atoms with Crippen LogP contribution in [0.4, 0.5) is 0 Å². The lowest BCUT2D eigenvalue weighted by molar-refractivity contribution is 0.103. The fourth-order valence-corrected chi connectivity index (χ4v) is 1.89. The number of ether oxygens (including phenoxy) is 1. The first-order valence-electron chi connectivity index (χ1n) is 5.16. The van der Waals surface area contributed by atoms with Gasteiger partial charge in [-0.2, -0.15) is 0 Å². The molecule has 1 fully saturated rings. The summed E-state index contributed by atoms with van der Waals surface area (Å²) < 4.78 is 5.03. The van der Waals surface area contributed by atoms with E-state index in [2.05, 4.69) is 4.90 Å². The molecule has 0 aromatic rings. The molecule has 77 valence electrons. The highest BCUT2D eigenvalue weighted by molar-refractivity contribution is 4.71. The molecule has 0 aliphatic carbocycles. The van der Waals surface area contributed by atoms with Crippen molar-refractivity contribution in [3.8, 4) is 0 Å². The lowest BCUT2D eigenvalue weighted by Crippen LogP contribution is -2.36. The van der Waals surface area contributed by atoms with E-state index in [1.807, 2.05) is 0 Å². The maximum atomic E-state index is 10.4. The minimum Gasteiger partial charge on any atom is -0.383 e. The van der Waals surface area contributed by atoms with Gasteiger partial charge in [0.1, 0.15) is 0 Å². The van der Waals surface area contributed by atoms with Gasteiger partial charge in [0.15, 0.2) is 0 Å². The lowest BCUT2D eigenvalue weighted by Gasteiger charge is -2.31. The molecule has 0 aromatic carbocycles. The molecule has 0 bridgehead atoms. The number of likely N-dealkylation sites (tertiary alicyclic amines) is 1. The van der Waals surface area contributed by atoms with E-state index in [9.17, 15) is 5.11 Å². The molecule has 0 aromatic heterocycles. The second-order valence-electron chi connectivity index (χ2n) is 3.77. The van der Waals surface area contributed by atoms with Crippen molar-refractivity contribution in [3.63, 3.8) is 0 Å². The van der Waals surface area contributed by atoms with Crippen molar-refractivity contribution in [2.75, 3.05) is 40.0 Å². The largest absolute Gasteiger partial charge is 0.383 e. The van der Waals surface area contributed by atoms with Gasteiger partial charge in [-0.15, -0.1) is 0 Å². The summed E-state index contributed by atoms with van der Waals surface area (Å²) >= 11 is 0. The van der Waals surface area contributed by atoms with Crippen molar-refractivity contribution >= 4 is 0 Å². The van der Waals surface area contributed by atoms with Gasteiger partial charge < -0.3 is 9.64 Å². The number of methoxy groups -OCH3 is 1. The smallest absolute Gasteiger partial charge is 0.0825 e. The highest BCUT2D eigenvalue weighted by Gasteiger charge is 2.17. The number of piperidine rings is 1. The van der Waals surface area contributed by atoms with E-state index in [1.165, 1.54) is 12.8 Å². The second kappa shape index (κ2) is 6.35. The zero-order valence-electron chi connectivity index (χ0n) is 8.50. The number of nitrogens with zero attached hydrogens (tertiary/aromatic N) is 1. The Morgan fingerprint density at radius 3 is 2.62 bits per heavy atom. The van der Waals surface area contributed by atoms with Gasteiger partial charge in [-0.05, 0) is 38.3 Å². The molecule has 1 aliphatic heterocycles. The summed E-state index contributed by atoms with van der Waals surface area (Å²) in [6.07, 6.45) is 3.27. The van der Waals surface area contributed by atoms with E-state index in [-0.39, 0.29) is 6.61 Å². The molecular weight excluding hydrogens is 166 g/mol. The Morgan fingerprint density at radius 1 is 1.38 bits per heavy atom. The van der Waals surface area contributed by atoms with Crippen LogP contribution in [0.2, 0.25) is 0 Å². The first kappa shape index (κ1) is 11.0.